The fraction of sp³-hybridized carbons (Fsp3) is 0.214. The Morgan fingerprint density at radius 2 is 1.67 bits per heavy atom. The summed E-state index contributed by atoms with van der Waals surface area (Å²) >= 11 is 0. The van der Waals surface area contributed by atoms with Crippen molar-refractivity contribution in [3.63, 3.8) is 0 Å². The first-order valence-electron chi connectivity index (χ1n) is 5.22. The molecule has 1 heterocycles. The summed E-state index contributed by atoms with van der Waals surface area (Å²) in [6, 6.07) is 8.43. The molecule has 0 atom stereocenters. The predicted molar refractivity (Wildman–Crippen MR) is 65.9 cm³/mol. The van der Waals surface area contributed by atoms with Crippen molar-refractivity contribution in [3.05, 3.63) is 47.3 Å². The third kappa shape index (κ3) is 1.65. The maximum Gasteiger partial charge on any atom is 0.0454 e. The summed E-state index contributed by atoms with van der Waals surface area (Å²) in [5, 5.41) is 2.54. The lowest BCUT2D eigenvalue weighted by Gasteiger charge is -2.08. The highest BCUT2D eigenvalue weighted by atomic mass is 14.7. The van der Waals surface area contributed by atoms with Gasteiger partial charge < -0.3 is 0 Å². The van der Waals surface area contributed by atoms with Crippen LogP contribution in [0.4, 0.5) is 0 Å². The van der Waals surface area contributed by atoms with E-state index < -0.39 is 0 Å². The van der Waals surface area contributed by atoms with E-state index in [1.165, 1.54) is 16.3 Å². The van der Waals surface area contributed by atoms with Crippen LogP contribution in [0.5, 0.6) is 0 Å². The van der Waals surface area contributed by atoms with Gasteiger partial charge in [0.05, 0.1) is 0 Å². The van der Waals surface area contributed by atoms with E-state index in [2.05, 4.69) is 55.2 Å². The number of hydrogen-bond acceptors (Lipinski definition) is 1. The summed E-state index contributed by atoms with van der Waals surface area (Å²) in [6.45, 7) is 6.16. The van der Waals surface area contributed by atoms with E-state index in [0.717, 1.165) is 11.4 Å². The van der Waals surface area contributed by atoms with Crippen LogP contribution in [0, 0.1) is 13.8 Å². The van der Waals surface area contributed by atoms with Crippen LogP contribution in [0.15, 0.2) is 30.3 Å². The SMILES string of the molecule is C/C=C\c1c(C)nc(C)c2ccccc12. The van der Waals surface area contributed by atoms with Crippen LogP contribution in [0.3, 0.4) is 0 Å². The van der Waals surface area contributed by atoms with Gasteiger partial charge in [-0.3, -0.25) is 4.98 Å². The molecule has 1 aromatic heterocycles. The molecule has 0 saturated heterocycles. The number of aryl methyl sites for hydroxylation is 2. The Balaban J connectivity index is 2.89. The fourth-order valence-corrected chi connectivity index (χ4v) is 1.98. The molecule has 0 aliphatic rings. The smallest absolute Gasteiger partial charge is 0.0454 e. The molecule has 1 nitrogen and oxygen atoms in total. The van der Waals surface area contributed by atoms with Gasteiger partial charge in [-0.2, -0.15) is 0 Å². The van der Waals surface area contributed by atoms with Gasteiger partial charge in [0.15, 0.2) is 0 Å². The van der Waals surface area contributed by atoms with Gasteiger partial charge in [-0.05, 0) is 26.2 Å². The molecule has 0 spiro atoms. The van der Waals surface area contributed by atoms with Crippen molar-refractivity contribution in [1.82, 2.24) is 4.98 Å². The monoisotopic (exact) mass is 197 g/mol. The molecule has 0 unspecified atom stereocenters. The standard InChI is InChI=1S/C14H15N/c1-4-7-12-10(2)15-11(3)13-8-5-6-9-14(12)13/h4-9H,1-3H3/b7-4-. The van der Waals surface area contributed by atoms with Crippen LogP contribution in [0.25, 0.3) is 16.8 Å². The van der Waals surface area contributed by atoms with E-state index >= 15 is 0 Å². The van der Waals surface area contributed by atoms with Crippen LogP contribution in [-0.2, 0) is 0 Å². The second-order valence-electron chi connectivity index (χ2n) is 3.74. The average Bonchev–Trinajstić information content (AvgIpc) is 2.24. The maximum absolute atomic E-state index is 4.57. The first-order chi connectivity index (χ1) is 7.24. The molecule has 1 heteroatoms. The van der Waals surface area contributed by atoms with E-state index in [9.17, 15) is 0 Å². The quantitative estimate of drug-likeness (QED) is 0.676. The minimum absolute atomic E-state index is 1.10. The minimum atomic E-state index is 1.10. The summed E-state index contributed by atoms with van der Waals surface area (Å²) in [5.41, 5.74) is 3.44. The summed E-state index contributed by atoms with van der Waals surface area (Å²) in [5.74, 6) is 0. The van der Waals surface area contributed by atoms with Crippen molar-refractivity contribution >= 4 is 16.8 Å². The lowest BCUT2D eigenvalue weighted by Crippen LogP contribution is -1.93. The number of benzene rings is 1. The molecule has 0 radical (unpaired) electrons. The molecule has 15 heavy (non-hydrogen) atoms. The molecule has 2 aromatic rings. The normalized spacial score (nSPS) is 11.4. The molecule has 76 valence electrons. The number of hydrogen-bond donors (Lipinski definition) is 0. The van der Waals surface area contributed by atoms with Gasteiger partial charge >= 0.3 is 0 Å². The van der Waals surface area contributed by atoms with Crippen LogP contribution in [0.1, 0.15) is 23.9 Å². The van der Waals surface area contributed by atoms with Crippen LogP contribution in [0.2, 0.25) is 0 Å². The Hall–Kier alpha value is -1.63. The topological polar surface area (TPSA) is 12.9 Å². The fourth-order valence-electron chi connectivity index (χ4n) is 1.98. The zero-order valence-corrected chi connectivity index (χ0v) is 9.41. The minimum Gasteiger partial charge on any atom is -0.257 e. The van der Waals surface area contributed by atoms with E-state index in [0.29, 0.717) is 0 Å². The first-order valence-corrected chi connectivity index (χ1v) is 5.22. The zero-order valence-electron chi connectivity index (χ0n) is 9.41. The highest BCUT2D eigenvalue weighted by Crippen LogP contribution is 2.24. The first kappa shape index (κ1) is 9.91. The third-order valence-corrected chi connectivity index (χ3v) is 2.67. The molecular formula is C14H15N. The highest BCUT2D eigenvalue weighted by molar-refractivity contribution is 5.92. The van der Waals surface area contributed by atoms with E-state index in [1.807, 2.05) is 6.92 Å². The molecule has 0 fully saturated rings. The van der Waals surface area contributed by atoms with Crippen molar-refractivity contribution < 1.29 is 0 Å². The Labute approximate surface area is 90.5 Å². The summed E-state index contributed by atoms with van der Waals surface area (Å²) in [4.78, 5) is 4.57. The van der Waals surface area contributed by atoms with E-state index in [1.54, 1.807) is 0 Å². The van der Waals surface area contributed by atoms with Gasteiger partial charge in [0, 0.05) is 22.3 Å². The van der Waals surface area contributed by atoms with Gasteiger partial charge in [-0.1, -0.05) is 36.4 Å². The second-order valence-corrected chi connectivity index (χ2v) is 3.74. The lowest BCUT2D eigenvalue weighted by molar-refractivity contribution is 1.14. The van der Waals surface area contributed by atoms with Gasteiger partial charge in [0.2, 0.25) is 0 Å². The molecule has 0 bridgehead atoms. The van der Waals surface area contributed by atoms with Crippen LogP contribution >= 0.6 is 0 Å². The maximum atomic E-state index is 4.57. The molecule has 0 saturated carbocycles. The Bertz CT molecular complexity index is 524. The highest BCUT2D eigenvalue weighted by Gasteiger charge is 2.05. The van der Waals surface area contributed by atoms with Crippen molar-refractivity contribution in [2.75, 3.05) is 0 Å². The van der Waals surface area contributed by atoms with E-state index in [4.69, 9.17) is 0 Å². The summed E-state index contributed by atoms with van der Waals surface area (Å²) in [6.07, 6.45) is 4.19. The van der Waals surface area contributed by atoms with Gasteiger partial charge in [0.25, 0.3) is 0 Å². The number of pyridine rings is 1. The number of allylic oxidation sites excluding steroid dienone is 1. The van der Waals surface area contributed by atoms with Crippen molar-refractivity contribution in [2.45, 2.75) is 20.8 Å². The average molecular weight is 197 g/mol. The Morgan fingerprint density at radius 1 is 1.00 bits per heavy atom. The molecule has 0 aliphatic heterocycles. The summed E-state index contributed by atoms with van der Waals surface area (Å²) < 4.78 is 0. The molecule has 1 aromatic carbocycles. The van der Waals surface area contributed by atoms with Crippen molar-refractivity contribution in [3.8, 4) is 0 Å². The van der Waals surface area contributed by atoms with Crippen LogP contribution < -0.4 is 0 Å². The van der Waals surface area contributed by atoms with Crippen molar-refractivity contribution in [1.29, 1.82) is 0 Å². The van der Waals surface area contributed by atoms with Gasteiger partial charge in [0.1, 0.15) is 0 Å². The Morgan fingerprint density at radius 3 is 2.33 bits per heavy atom. The third-order valence-electron chi connectivity index (χ3n) is 2.67. The predicted octanol–water partition coefficient (Wildman–Crippen LogP) is 3.88. The van der Waals surface area contributed by atoms with Crippen molar-refractivity contribution in [2.24, 2.45) is 0 Å². The zero-order chi connectivity index (χ0) is 10.8. The van der Waals surface area contributed by atoms with E-state index in [-0.39, 0.29) is 0 Å². The number of nitrogens with zero attached hydrogens (tertiary/aromatic N) is 1. The van der Waals surface area contributed by atoms with Crippen LogP contribution in [-0.4, -0.2) is 4.98 Å². The van der Waals surface area contributed by atoms with Gasteiger partial charge in [-0.25, -0.2) is 0 Å². The molecule has 0 amide bonds. The number of rotatable bonds is 1. The Kier molecular flexibility index (Phi) is 2.55. The lowest BCUT2D eigenvalue weighted by atomic mass is 10.0. The molecule has 0 N–H and O–H groups in total. The second kappa shape index (κ2) is 3.85. The van der Waals surface area contributed by atoms with Gasteiger partial charge in [-0.15, -0.1) is 0 Å². The largest absolute Gasteiger partial charge is 0.257 e. The number of fused-ring (bicyclic) bond motifs is 1. The number of aromatic nitrogens is 1. The summed E-state index contributed by atoms with van der Waals surface area (Å²) in [7, 11) is 0. The molecular weight excluding hydrogens is 182 g/mol. The molecule has 0 aliphatic carbocycles. The molecule has 2 rings (SSSR count).